The van der Waals surface area contributed by atoms with Crippen molar-refractivity contribution in [1.29, 1.82) is 0 Å². The van der Waals surface area contributed by atoms with Crippen LogP contribution in [0.2, 0.25) is 5.02 Å². The van der Waals surface area contributed by atoms with E-state index >= 15 is 0 Å². The van der Waals surface area contributed by atoms with Crippen molar-refractivity contribution in [3.8, 4) is 5.69 Å². The van der Waals surface area contributed by atoms with E-state index in [2.05, 4.69) is 17.4 Å². The number of halogens is 1. The number of hydrogen-bond donors (Lipinski definition) is 2. The van der Waals surface area contributed by atoms with Crippen molar-refractivity contribution in [2.24, 2.45) is 0 Å². The average Bonchev–Trinajstić information content (AvgIpc) is 3.27. The maximum atomic E-state index is 13.6. The number of aromatic nitrogens is 2. The maximum Gasteiger partial charge on any atom is 0.268 e. The minimum absolute atomic E-state index is 0.0739. The van der Waals surface area contributed by atoms with Crippen molar-refractivity contribution in [3.63, 3.8) is 0 Å². The van der Waals surface area contributed by atoms with Gasteiger partial charge in [0, 0.05) is 16.8 Å². The highest BCUT2D eigenvalue weighted by molar-refractivity contribution is 6.37. The van der Waals surface area contributed by atoms with Gasteiger partial charge in [-0.25, -0.2) is 0 Å². The fraction of sp³-hybridized carbons (Fsp3) is 0.179. The first-order valence-corrected chi connectivity index (χ1v) is 11.9. The second-order valence-electron chi connectivity index (χ2n) is 8.89. The van der Waals surface area contributed by atoms with Crippen LogP contribution in [0.1, 0.15) is 28.0 Å². The van der Waals surface area contributed by atoms with Crippen LogP contribution in [0.25, 0.3) is 27.5 Å². The Morgan fingerprint density at radius 1 is 1.06 bits per heavy atom. The van der Waals surface area contributed by atoms with Crippen LogP contribution in [0.3, 0.4) is 0 Å². The van der Waals surface area contributed by atoms with Crippen molar-refractivity contribution >= 4 is 45.0 Å². The molecule has 0 radical (unpaired) electrons. The highest BCUT2D eigenvalue weighted by atomic mass is 35.5. The molecule has 2 heterocycles. The van der Waals surface area contributed by atoms with E-state index in [1.165, 1.54) is 10.1 Å². The summed E-state index contributed by atoms with van der Waals surface area (Å²) in [7, 11) is 0. The third kappa shape index (κ3) is 4.06. The van der Waals surface area contributed by atoms with Crippen LogP contribution in [0.5, 0.6) is 0 Å². The Balaban J connectivity index is 1.56. The van der Waals surface area contributed by atoms with E-state index in [4.69, 9.17) is 16.1 Å². The molecule has 36 heavy (non-hydrogen) atoms. The summed E-state index contributed by atoms with van der Waals surface area (Å²) in [6.07, 6.45) is 0.130. The van der Waals surface area contributed by atoms with E-state index in [-0.39, 0.29) is 23.5 Å². The summed E-state index contributed by atoms with van der Waals surface area (Å²) in [5, 5.41) is 17.8. The number of benzene rings is 3. The Kier molecular flexibility index (Phi) is 6.12. The van der Waals surface area contributed by atoms with Crippen molar-refractivity contribution < 1.29 is 14.4 Å². The molecule has 0 aliphatic carbocycles. The monoisotopic (exact) mass is 501 g/mol. The number of aliphatic hydroxyl groups is 1. The predicted octanol–water partition coefficient (Wildman–Crippen LogP) is 5.38. The molecule has 5 rings (SSSR count). The van der Waals surface area contributed by atoms with Gasteiger partial charge >= 0.3 is 0 Å². The van der Waals surface area contributed by atoms with Crippen LogP contribution in [0, 0.1) is 20.8 Å². The quantitative estimate of drug-likeness (QED) is 0.337. The highest BCUT2D eigenvalue weighted by Crippen LogP contribution is 2.31. The summed E-state index contributed by atoms with van der Waals surface area (Å²) in [6.45, 7) is 5.62. The lowest BCUT2D eigenvalue weighted by atomic mass is 10.0. The van der Waals surface area contributed by atoms with Crippen molar-refractivity contribution in [3.05, 3.63) is 98.0 Å². The number of amides is 1. The van der Waals surface area contributed by atoms with Crippen LogP contribution in [-0.4, -0.2) is 20.7 Å². The number of nitrogens with zero attached hydrogens (tertiary/aromatic N) is 2. The summed E-state index contributed by atoms with van der Waals surface area (Å²) in [5.74, 6) is -0.0862. The summed E-state index contributed by atoms with van der Waals surface area (Å²) in [5.41, 5.74) is 5.94. The number of carbonyl (C=O) groups is 1. The molecule has 0 saturated carbocycles. The molecule has 5 aromatic rings. The van der Waals surface area contributed by atoms with Gasteiger partial charge in [0.05, 0.1) is 17.0 Å². The van der Waals surface area contributed by atoms with Crippen LogP contribution in [0.4, 0.5) is 5.69 Å². The summed E-state index contributed by atoms with van der Waals surface area (Å²) >= 11 is 6.50. The van der Waals surface area contributed by atoms with E-state index in [0.717, 1.165) is 22.4 Å². The molecule has 2 aromatic heterocycles. The Hall–Kier alpha value is -3.94. The third-order valence-corrected chi connectivity index (χ3v) is 6.85. The smallest absolute Gasteiger partial charge is 0.268 e. The molecular formula is C28H24ClN3O4. The number of carbonyl (C=O) groups excluding carboxylic acids is 1. The first-order chi connectivity index (χ1) is 17.3. The van der Waals surface area contributed by atoms with Gasteiger partial charge in [-0.1, -0.05) is 35.0 Å². The molecule has 0 unspecified atom stereocenters. The van der Waals surface area contributed by atoms with E-state index < -0.39 is 12.2 Å². The lowest BCUT2D eigenvalue weighted by molar-refractivity contribution is -0.115. The molecule has 3 aromatic carbocycles. The molecule has 2 N–H and O–H groups in total. The summed E-state index contributed by atoms with van der Waals surface area (Å²) < 4.78 is 6.74. The van der Waals surface area contributed by atoms with Crippen molar-refractivity contribution in [1.82, 2.24) is 9.72 Å². The molecule has 0 aliphatic rings. The lowest BCUT2D eigenvalue weighted by Gasteiger charge is -2.14. The van der Waals surface area contributed by atoms with E-state index in [1.807, 2.05) is 32.0 Å². The van der Waals surface area contributed by atoms with Gasteiger partial charge < -0.3 is 14.9 Å². The Morgan fingerprint density at radius 2 is 1.78 bits per heavy atom. The maximum absolute atomic E-state index is 13.6. The number of pyridine rings is 1. The van der Waals surface area contributed by atoms with Gasteiger partial charge in [-0.05, 0) is 79.4 Å². The zero-order chi connectivity index (χ0) is 25.6. The summed E-state index contributed by atoms with van der Waals surface area (Å²) in [4.78, 5) is 26.4. The molecule has 8 heteroatoms. The second-order valence-corrected chi connectivity index (χ2v) is 9.30. The van der Waals surface area contributed by atoms with E-state index in [0.29, 0.717) is 27.1 Å². The zero-order valence-electron chi connectivity index (χ0n) is 20.1. The minimum atomic E-state index is -0.472. The first kappa shape index (κ1) is 23.8. The van der Waals surface area contributed by atoms with Crippen LogP contribution >= 0.6 is 11.6 Å². The molecule has 0 saturated heterocycles. The molecule has 0 bridgehead atoms. The highest BCUT2D eigenvalue weighted by Gasteiger charge is 2.21. The van der Waals surface area contributed by atoms with Crippen LogP contribution in [-0.2, 0) is 17.8 Å². The number of fused-ring (bicyclic) bond motifs is 3. The van der Waals surface area contributed by atoms with Gasteiger partial charge in [0.2, 0.25) is 5.91 Å². The molecule has 0 fully saturated rings. The van der Waals surface area contributed by atoms with E-state index in [9.17, 15) is 14.7 Å². The molecule has 1 amide bonds. The molecule has 0 atom stereocenters. The first-order valence-electron chi connectivity index (χ1n) is 11.5. The van der Waals surface area contributed by atoms with E-state index in [1.54, 1.807) is 36.4 Å². The Morgan fingerprint density at radius 3 is 2.50 bits per heavy atom. The van der Waals surface area contributed by atoms with Gasteiger partial charge in [0.25, 0.3) is 5.56 Å². The van der Waals surface area contributed by atoms with Crippen LogP contribution in [0.15, 0.2) is 63.9 Å². The van der Waals surface area contributed by atoms with Gasteiger partial charge in [-0.15, -0.1) is 0 Å². The van der Waals surface area contributed by atoms with Gasteiger partial charge in [-0.3, -0.25) is 14.2 Å². The number of nitrogens with one attached hydrogen (secondary N) is 1. The van der Waals surface area contributed by atoms with Crippen molar-refractivity contribution in [2.75, 3.05) is 5.32 Å². The molecule has 7 nitrogen and oxygen atoms in total. The number of hydrogen-bond acceptors (Lipinski definition) is 5. The Bertz CT molecular complexity index is 1700. The second kappa shape index (κ2) is 9.26. The molecule has 0 spiro atoms. The number of anilines is 1. The zero-order valence-corrected chi connectivity index (χ0v) is 20.8. The molecule has 182 valence electrons. The standard InChI is InChI=1S/C28H24ClN3O4/c1-15-10-19(11-16(2)17(15)3)30-24(34)13-18-6-4-7-20(12-18)32-22-9-5-8-21(29)25(22)27-26(28(32)35)23(14-33)36-31-27/h4-12,33H,13-14H2,1-3H3,(H,30,34). The van der Waals surface area contributed by atoms with Gasteiger partial charge in [-0.2, -0.15) is 0 Å². The lowest BCUT2D eigenvalue weighted by Crippen LogP contribution is -2.20. The minimum Gasteiger partial charge on any atom is -0.388 e. The summed E-state index contributed by atoms with van der Waals surface area (Å²) in [6, 6.07) is 16.4. The van der Waals surface area contributed by atoms with Crippen LogP contribution < -0.4 is 10.9 Å². The molecule has 0 aliphatic heterocycles. The number of aliphatic hydroxyl groups excluding tert-OH is 1. The fourth-order valence-electron chi connectivity index (χ4n) is 4.54. The normalized spacial score (nSPS) is 11.4. The van der Waals surface area contributed by atoms with Crippen molar-refractivity contribution in [2.45, 2.75) is 33.8 Å². The molecular weight excluding hydrogens is 478 g/mol. The largest absolute Gasteiger partial charge is 0.388 e. The Labute approximate surface area is 211 Å². The third-order valence-electron chi connectivity index (χ3n) is 6.54. The fourth-order valence-corrected chi connectivity index (χ4v) is 4.80. The number of rotatable bonds is 5. The average molecular weight is 502 g/mol. The SMILES string of the molecule is Cc1cc(NC(=O)Cc2cccc(-n3c(=O)c4c(CO)onc4c4c(Cl)cccc43)c2)cc(C)c1C. The topological polar surface area (TPSA) is 97.4 Å². The van der Waals surface area contributed by atoms with Gasteiger partial charge in [0.1, 0.15) is 17.5 Å². The van der Waals surface area contributed by atoms with Gasteiger partial charge in [0.15, 0.2) is 5.76 Å². The number of aryl methyl sites for hydroxylation is 2. The predicted molar refractivity (Wildman–Crippen MR) is 141 cm³/mol.